The van der Waals surface area contributed by atoms with Crippen LogP contribution < -0.4 is 0 Å². The van der Waals surface area contributed by atoms with Gasteiger partial charge in [-0.05, 0) is 61.3 Å². The lowest BCUT2D eigenvalue weighted by Gasteiger charge is -2.50. The van der Waals surface area contributed by atoms with E-state index in [4.69, 9.17) is 14.2 Å². The van der Waals surface area contributed by atoms with Gasteiger partial charge in [-0.1, -0.05) is 6.58 Å². The molecule has 26 heavy (non-hydrogen) atoms. The van der Waals surface area contributed by atoms with E-state index in [2.05, 4.69) is 6.58 Å². The molecule has 2 rings (SSSR count). The van der Waals surface area contributed by atoms with Gasteiger partial charge in [-0.15, -0.1) is 0 Å². The molecule has 1 saturated carbocycles. The highest BCUT2D eigenvalue weighted by Crippen LogP contribution is 2.54. The van der Waals surface area contributed by atoms with Gasteiger partial charge in [-0.25, -0.2) is 4.79 Å². The van der Waals surface area contributed by atoms with Gasteiger partial charge in [0, 0.05) is 12.0 Å². The maximum atomic E-state index is 12.8. The van der Waals surface area contributed by atoms with Gasteiger partial charge in [0.25, 0.3) is 0 Å². The van der Waals surface area contributed by atoms with Crippen LogP contribution in [-0.4, -0.2) is 46.1 Å². The molecular formula is C20H32O6. The highest BCUT2D eigenvalue weighted by Gasteiger charge is 2.64. The van der Waals surface area contributed by atoms with Gasteiger partial charge in [0.05, 0.1) is 16.8 Å². The average Bonchev–Trinajstić information content (AvgIpc) is 2.73. The van der Waals surface area contributed by atoms with Gasteiger partial charge in [0.2, 0.25) is 0 Å². The van der Waals surface area contributed by atoms with Crippen LogP contribution in [0.2, 0.25) is 0 Å². The molecule has 0 amide bonds. The molecule has 0 aromatic heterocycles. The van der Waals surface area contributed by atoms with E-state index in [1.54, 1.807) is 20.8 Å². The van der Waals surface area contributed by atoms with Crippen LogP contribution in [-0.2, 0) is 23.8 Å². The zero-order valence-corrected chi connectivity index (χ0v) is 17.0. The second-order valence-electron chi connectivity index (χ2n) is 9.17. The molecule has 1 aliphatic carbocycles. The van der Waals surface area contributed by atoms with Gasteiger partial charge in [-0.2, -0.15) is 0 Å². The number of hydrogen-bond donors (Lipinski definition) is 1. The van der Waals surface area contributed by atoms with E-state index in [9.17, 15) is 14.7 Å². The zero-order valence-electron chi connectivity index (χ0n) is 17.0. The van der Waals surface area contributed by atoms with Crippen LogP contribution in [0, 0.1) is 5.41 Å². The Kier molecular flexibility index (Phi) is 5.10. The molecule has 0 aromatic rings. The molecule has 1 heterocycles. The largest absolute Gasteiger partial charge is 0.458 e. The summed E-state index contributed by atoms with van der Waals surface area (Å²) in [5.74, 6) is -0.794. The second kappa shape index (κ2) is 6.34. The Morgan fingerprint density at radius 1 is 1.27 bits per heavy atom. The molecule has 2 fully saturated rings. The molecule has 3 unspecified atom stereocenters. The Morgan fingerprint density at radius 3 is 2.35 bits per heavy atom. The van der Waals surface area contributed by atoms with Crippen molar-refractivity contribution in [3.05, 3.63) is 12.2 Å². The molecule has 6 nitrogen and oxygen atoms in total. The van der Waals surface area contributed by atoms with Crippen molar-refractivity contribution < 1.29 is 28.9 Å². The van der Waals surface area contributed by atoms with Crippen molar-refractivity contribution in [3.63, 3.8) is 0 Å². The maximum Gasteiger partial charge on any atom is 0.333 e. The molecule has 1 N–H and O–H groups in total. The van der Waals surface area contributed by atoms with Gasteiger partial charge >= 0.3 is 11.9 Å². The van der Waals surface area contributed by atoms with Crippen LogP contribution in [0.4, 0.5) is 0 Å². The first-order chi connectivity index (χ1) is 11.6. The summed E-state index contributed by atoms with van der Waals surface area (Å²) in [4.78, 5) is 24.6. The Bertz CT molecular complexity index is 612. The summed E-state index contributed by atoms with van der Waals surface area (Å²) in [6.45, 7) is 15.9. The highest BCUT2D eigenvalue weighted by molar-refractivity contribution is 5.87. The first kappa shape index (κ1) is 20.9. The summed E-state index contributed by atoms with van der Waals surface area (Å²) in [5.41, 5.74) is -3.32. The summed E-state index contributed by atoms with van der Waals surface area (Å²) in [5, 5.41) is 10.4. The number of rotatable bonds is 6. The summed E-state index contributed by atoms with van der Waals surface area (Å²) in [7, 11) is 0. The third kappa shape index (κ3) is 3.41. The fourth-order valence-electron chi connectivity index (χ4n) is 3.73. The molecule has 1 aliphatic heterocycles. The van der Waals surface area contributed by atoms with Crippen molar-refractivity contribution >= 4 is 11.9 Å². The Hall–Kier alpha value is -1.40. The van der Waals surface area contributed by atoms with Crippen LogP contribution in [0.5, 0.6) is 0 Å². The van der Waals surface area contributed by atoms with Gasteiger partial charge < -0.3 is 19.3 Å². The number of fused-ring (bicyclic) bond motifs is 2. The molecule has 148 valence electrons. The fraction of sp³-hybridized carbons (Fsp3) is 0.800. The number of ether oxygens (including phenoxy) is 3. The van der Waals surface area contributed by atoms with Crippen molar-refractivity contribution in [1.29, 1.82) is 0 Å². The topological polar surface area (TPSA) is 82.1 Å². The number of esters is 2. The van der Waals surface area contributed by atoms with Crippen LogP contribution >= 0.6 is 0 Å². The van der Waals surface area contributed by atoms with Crippen LogP contribution in [0.25, 0.3) is 0 Å². The zero-order chi connectivity index (χ0) is 20.1. The van der Waals surface area contributed by atoms with E-state index >= 15 is 0 Å². The van der Waals surface area contributed by atoms with Crippen molar-refractivity contribution in [2.24, 2.45) is 5.41 Å². The molecule has 0 aromatic carbocycles. The monoisotopic (exact) mass is 368 g/mol. The molecule has 6 heteroatoms. The smallest absolute Gasteiger partial charge is 0.333 e. The molecule has 3 atom stereocenters. The summed E-state index contributed by atoms with van der Waals surface area (Å²) < 4.78 is 17.3. The maximum absolute atomic E-state index is 12.8. The van der Waals surface area contributed by atoms with Crippen LogP contribution in [0.1, 0.15) is 67.7 Å². The van der Waals surface area contributed by atoms with E-state index in [1.165, 1.54) is 0 Å². The Morgan fingerprint density at radius 2 is 1.85 bits per heavy atom. The molecule has 0 spiro atoms. The second-order valence-corrected chi connectivity index (χ2v) is 9.17. The summed E-state index contributed by atoms with van der Waals surface area (Å²) in [6.07, 6.45) is 0.496. The van der Waals surface area contributed by atoms with E-state index in [1.807, 2.05) is 27.7 Å². The average molecular weight is 368 g/mol. The normalized spacial score (nSPS) is 29.3. The van der Waals surface area contributed by atoms with Gasteiger partial charge in [0.15, 0.2) is 0 Å². The van der Waals surface area contributed by atoms with Crippen molar-refractivity contribution in [3.8, 4) is 0 Å². The quantitative estimate of drug-likeness (QED) is 0.573. The Labute approximate surface area is 155 Å². The predicted molar refractivity (Wildman–Crippen MR) is 96.4 cm³/mol. The van der Waals surface area contributed by atoms with E-state index < -0.39 is 40.4 Å². The minimum atomic E-state index is -1.09. The first-order valence-electron chi connectivity index (χ1n) is 9.13. The SMILES string of the molecule is C=C(C)C(=O)OC1CCC2(C(C)(C)OC(C)(C)C(C)(C)O)CC1OC2=O. The van der Waals surface area contributed by atoms with Crippen LogP contribution in [0.3, 0.4) is 0 Å². The molecule has 2 aliphatic rings. The standard InChI is InChI=1S/C20H32O6/c1-12(2)15(21)24-13-9-10-20(11-14(13)25-16(20)22)19(7,8)26-18(5,6)17(3,4)23/h13-14,23H,1,9-11H2,2-8H3. The fourth-order valence-corrected chi connectivity index (χ4v) is 3.73. The van der Waals surface area contributed by atoms with Gasteiger partial charge in [-0.3, -0.25) is 4.79 Å². The molecule has 0 radical (unpaired) electrons. The lowest BCUT2D eigenvalue weighted by molar-refractivity contribution is -0.239. The van der Waals surface area contributed by atoms with Crippen molar-refractivity contribution in [2.45, 2.75) is 96.7 Å². The van der Waals surface area contributed by atoms with Crippen LogP contribution in [0.15, 0.2) is 12.2 Å². The number of hydrogen-bond acceptors (Lipinski definition) is 6. The van der Waals surface area contributed by atoms with E-state index in [-0.39, 0.29) is 5.97 Å². The molecular weight excluding hydrogens is 336 g/mol. The molecule has 1 saturated heterocycles. The van der Waals surface area contributed by atoms with E-state index in [0.29, 0.717) is 24.8 Å². The van der Waals surface area contributed by atoms with Crippen molar-refractivity contribution in [2.75, 3.05) is 0 Å². The number of carbonyl (C=O) groups is 2. The minimum Gasteiger partial charge on any atom is -0.458 e. The highest BCUT2D eigenvalue weighted by atomic mass is 16.6. The summed E-state index contributed by atoms with van der Waals surface area (Å²) in [6, 6.07) is 0. The lowest BCUT2D eigenvalue weighted by atomic mass is 9.64. The summed E-state index contributed by atoms with van der Waals surface area (Å²) >= 11 is 0. The number of carbonyl (C=O) groups excluding carboxylic acids is 2. The molecule has 2 bridgehead atoms. The minimum absolute atomic E-state index is 0.321. The van der Waals surface area contributed by atoms with Gasteiger partial charge in [0.1, 0.15) is 17.6 Å². The third-order valence-electron chi connectivity index (χ3n) is 6.21. The predicted octanol–water partition coefficient (Wildman–Crippen LogP) is 2.91. The van der Waals surface area contributed by atoms with Crippen molar-refractivity contribution in [1.82, 2.24) is 0 Å². The first-order valence-corrected chi connectivity index (χ1v) is 9.13. The number of aliphatic hydroxyl groups is 1. The third-order valence-corrected chi connectivity index (χ3v) is 6.21. The van der Waals surface area contributed by atoms with E-state index in [0.717, 1.165) is 0 Å². The Balaban J connectivity index is 2.22. The lowest BCUT2D eigenvalue weighted by Crippen LogP contribution is -2.59.